The number of hydrazone groups is 1. The van der Waals surface area contributed by atoms with Gasteiger partial charge in [0.25, 0.3) is 5.91 Å². The maximum absolute atomic E-state index is 11.9. The molecule has 0 saturated carbocycles. The summed E-state index contributed by atoms with van der Waals surface area (Å²) in [5.74, 6) is -0.242. The van der Waals surface area contributed by atoms with Crippen molar-refractivity contribution in [3.05, 3.63) is 56.7 Å². The number of carbonyl (C=O) groups excluding carboxylic acids is 1. The van der Waals surface area contributed by atoms with E-state index < -0.39 is 0 Å². The van der Waals surface area contributed by atoms with Crippen molar-refractivity contribution < 1.29 is 4.79 Å². The Bertz CT molecular complexity index is 632. The molecule has 0 unspecified atom stereocenters. The Hall–Kier alpha value is -1.65. The summed E-state index contributed by atoms with van der Waals surface area (Å²) in [4.78, 5) is 14.3. The number of thiophene rings is 1. The predicted octanol–water partition coefficient (Wildman–Crippen LogP) is 4.12. The standard InChI is InChI=1S/C15H15ClN2OS/c1-3-13-8-9-14(20-13)10(2)17-18-15(19)11-4-6-12(16)7-5-11/h4-9H,3H2,1-2H3,(H,18,19). The zero-order valence-corrected chi connectivity index (χ0v) is 12.9. The zero-order valence-electron chi connectivity index (χ0n) is 11.3. The van der Waals surface area contributed by atoms with Crippen molar-refractivity contribution in [2.24, 2.45) is 5.10 Å². The average Bonchev–Trinajstić information content (AvgIpc) is 2.94. The van der Waals surface area contributed by atoms with Crippen molar-refractivity contribution in [1.82, 2.24) is 5.43 Å². The van der Waals surface area contributed by atoms with Gasteiger partial charge in [0.05, 0.1) is 10.6 Å². The number of benzene rings is 1. The molecule has 2 rings (SSSR count). The molecule has 0 aliphatic carbocycles. The van der Waals surface area contributed by atoms with Gasteiger partial charge in [-0.3, -0.25) is 4.79 Å². The summed E-state index contributed by atoms with van der Waals surface area (Å²) in [5.41, 5.74) is 3.89. The highest BCUT2D eigenvalue weighted by atomic mass is 35.5. The van der Waals surface area contributed by atoms with Crippen molar-refractivity contribution in [2.45, 2.75) is 20.3 Å². The molecular formula is C15H15ClN2OS. The molecule has 0 spiro atoms. The molecule has 3 nitrogen and oxygen atoms in total. The van der Waals surface area contributed by atoms with E-state index in [1.807, 2.05) is 13.0 Å². The van der Waals surface area contributed by atoms with E-state index in [1.165, 1.54) is 4.88 Å². The topological polar surface area (TPSA) is 41.5 Å². The highest BCUT2D eigenvalue weighted by Crippen LogP contribution is 2.17. The quantitative estimate of drug-likeness (QED) is 0.670. The molecule has 5 heteroatoms. The van der Waals surface area contributed by atoms with Gasteiger partial charge in [-0.05, 0) is 49.7 Å². The number of amides is 1. The van der Waals surface area contributed by atoms with Gasteiger partial charge in [0, 0.05) is 15.5 Å². The number of rotatable bonds is 4. The Kier molecular flexibility index (Phi) is 4.93. The van der Waals surface area contributed by atoms with Gasteiger partial charge in [-0.1, -0.05) is 18.5 Å². The van der Waals surface area contributed by atoms with Crippen molar-refractivity contribution in [1.29, 1.82) is 0 Å². The Morgan fingerprint density at radius 2 is 1.95 bits per heavy atom. The Labute approximate surface area is 127 Å². The van der Waals surface area contributed by atoms with Gasteiger partial charge >= 0.3 is 0 Å². The molecule has 20 heavy (non-hydrogen) atoms. The van der Waals surface area contributed by atoms with Crippen LogP contribution >= 0.6 is 22.9 Å². The van der Waals surface area contributed by atoms with Crippen LogP contribution in [0.5, 0.6) is 0 Å². The molecule has 1 N–H and O–H groups in total. The van der Waals surface area contributed by atoms with Crippen molar-refractivity contribution >= 4 is 34.6 Å². The van der Waals surface area contributed by atoms with Crippen LogP contribution in [0, 0.1) is 0 Å². The first-order chi connectivity index (χ1) is 9.60. The fourth-order valence-electron chi connectivity index (χ4n) is 1.62. The minimum atomic E-state index is -0.242. The van der Waals surface area contributed by atoms with Crippen LogP contribution in [0.2, 0.25) is 5.02 Å². The Balaban J connectivity index is 2.04. The molecule has 0 saturated heterocycles. The average molecular weight is 307 g/mol. The van der Waals surface area contributed by atoms with Crippen LogP contribution in [0.4, 0.5) is 0 Å². The van der Waals surface area contributed by atoms with Gasteiger partial charge in [-0.15, -0.1) is 11.3 Å². The van der Waals surface area contributed by atoms with E-state index in [0.717, 1.165) is 17.0 Å². The first-order valence-corrected chi connectivity index (χ1v) is 7.49. The lowest BCUT2D eigenvalue weighted by Crippen LogP contribution is -2.18. The predicted molar refractivity (Wildman–Crippen MR) is 84.8 cm³/mol. The van der Waals surface area contributed by atoms with Crippen LogP contribution < -0.4 is 5.43 Å². The van der Waals surface area contributed by atoms with E-state index in [0.29, 0.717) is 10.6 Å². The van der Waals surface area contributed by atoms with E-state index in [9.17, 15) is 4.79 Å². The third-order valence-electron chi connectivity index (χ3n) is 2.80. The second kappa shape index (κ2) is 6.68. The highest BCUT2D eigenvalue weighted by molar-refractivity contribution is 7.14. The van der Waals surface area contributed by atoms with Crippen LogP contribution in [-0.2, 0) is 6.42 Å². The van der Waals surface area contributed by atoms with Gasteiger partial charge in [-0.2, -0.15) is 5.10 Å². The fraction of sp³-hybridized carbons (Fsp3) is 0.200. The van der Waals surface area contributed by atoms with Gasteiger partial charge < -0.3 is 0 Å². The molecule has 104 valence electrons. The van der Waals surface area contributed by atoms with Crippen molar-refractivity contribution in [2.75, 3.05) is 0 Å². The summed E-state index contributed by atoms with van der Waals surface area (Å²) in [6.07, 6.45) is 1.01. The number of carbonyl (C=O) groups is 1. The first-order valence-electron chi connectivity index (χ1n) is 6.29. The van der Waals surface area contributed by atoms with Crippen LogP contribution in [0.1, 0.15) is 34.0 Å². The molecule has 1 aromatic heterocycles. The second-order valence-electron chi connectivity index (χ2n) is 4.26. The van der Waals surface area contributed by atoms with Crippen LogP contribution in [0.15, 0.2) is 41.5 Å². The molecule has 0 aliphatic rings. The Morgan fingerprint density at radius 3 is 2.55 bits per heavy atom. The molecule has 0 fully saturated rings. The largest absolute Gasteiger partial charge is 0.271 e. The van der Waals surface area contributed by atoms with E-state index in [2.05, 4.69) is 23.5 Å². The lowest BCUT2D eigenvalue weighted by Gasteiger charge is -2.01. The zero-order chi connectivity index (χ0) is 14.5. The number of halogens is 1. The number of hydrogen-bond donors (Lipinski definition) is 1. The molecule has 0 bridgehead atoms. The molecule has 2 aromatic rings. The summed E-state index contributed by atoms with van der Waals surface area (Å²) < 4.78 is 0. The summed E-state index contributed by atoms with van der Waals surface area (Å²) in [6, 6.07) is 10.8. The van der Waals surface area contributed by atoms with Crippen molar-refractivity contribution in [3.63, 3.8) is 0 Å². The maximum atomic E-state index is 11.9. The second-order valence-corrected chi connectivity index (χ2v) is 5.87. The summed E-state index contributed by atoms with van der Waals surface area (Å²) >= 11 is 7.47. The van der Waals surface area contributed by atoms with Gasteiger partial charge in [0.2, 0.25) is 0 Å². The number of aryl methyl sites for hydroxylation is 1. The lowest BCUT2D eigenvalue weighted by atomic mass is 10.2. The molecule has 1 aromatic carbocycles. The SMILES string of the molecule is CCc1ccc(C(C)=NNC(=O)c2ccc(Cl)cc2)s1. The van der Waals surface area contributed by atoms with E-state index in [-0.39, 0.29) is 5.91 Å². The summed E-state index contributed by atoms with van der Waals surface area (Å²) in [6.45, 7) is 4.00. The molecule has 0 radical (unpaired) electrons. The van der Waals surface area contributed by atoms with E-state index in [4.69, 9.17) is 11.6 Å². The van der Waals surface area contributed by atoms with Crippen LogP contribution in [-0.4, -0.2) is 11.6 Å². The lowest BCUT2D eigenvalue weighted by molar-refractivity contribution is 0.0955. The molecule has 1 heterocycles. The maximum Gasteiger partial charge on any atom is 0.271 e. The van der Waals surface area contributed by atoms with Gasteiger partial charge in [0.15, 0.2) is 0 Å². The minimum absolute atomic E-state index is 0.242. The van der Waals surface area contributed by atoms with E-state index >= 15 is 0 Å². The highest BCUT2D eigenvalue weighted by Gasteiger charge is 2.06. The fourth-order valence-corrected chi connectivity index (χ4v) is 2.64. The van der Waals surface area contributed by atoms with E-state index in [1.54, 1.807) is 35.6 Å². The number of hydrogen-bond acceptors (Lipinski definition) is 3. The van der Waals surface area contributed by atoms with Gasteiger partial charge in [-0.25, -0.2) is 5.43 Å². The monoisotopic (exact) mass is 306 g/mol. The molecule has 1 amide bonds. The Morgan fingerprint density at radius 1 is 1.25 bits per heavy atom. The summed E-state index contributed by atoms with van der Waals surface area (Å²) in [7, 11) is 0. The normalized spacial score (nSPS) is 11.4. The number of nitrogens with one attached hydrogen (secondary N) is 1. The van der Waals surface area contributed by atoms with Crippen LogP contribution in [0.3, 0.4) is 0 Å². The molecular weight excluding hydrogens is 292 g/mol. The molecule has 0 atom stereocenters. The number of nitrogens with zero attached hydrogens (tertiary/aromatic N) is 1. The smallest absolute Gasteiger partial charge is 0.267 e. The third kappa shape index (κ3) is 3.68. The van der Waals surface area contributed by atoms with Crippen molar-refractivity contribution in [3.8, 4) is 0 Å². The van der Waals surface area contributed by atoms with Crippen LogP contribution in [0.25, 0.3) is 0 Å². The summed E-state index contributed by atoms with van der Waals surface area (Å²) in [5, 5.41) is 4.74. The first kappa shape index (κ1) is 14.8. The van der Waals surface area contributed by atoms with Gasteiger partial charge in [0.1, 0.15) is 0 Å². The third-order valence-corrected chi connectivity index (χ3v) is 4.39. The molecule has 0 aliphatic heterocycles. The minimum Gasteiger partial charge on any atom is -0.267 e.